The number of nitrogens with zero attached hydrogens (tertiary/aromatic N) is 1. The molecule has 1 aliphatic heterocycles. The molecule has 20 heavy (non-hydrogen) atoms. The van der Waals surface area contributed by atoms with Gasteiger partial charge in [-0.1, -0.05) is 13.8 Å². The molecule has 2 nitrogen and oxygen atoms in total. The van der Waals surface area contributed by atoms with Gasteiger partial charge < -0.3 is 10.6 Å². The van der Waals surface area contributed by atoms with Crippen molar-refractivity contribution in [2.75, 3.05) is 18.0 Å². The summed E-state index contributed by atoms with van der Waals surface area (Å²) in [5.74, 6) is 0. The summed E-state index contributed by atoms with van der Waals surface area (Å²) in [7, 11) is 0. The van der Waals surface area contributed by atoms with Gasteiger partial charge >= 0.3 is 6.18 Å². The zero-order valence-electron chi connectivity index (χ0n) is 11.9. The van der Waals surface area contributed by atoms with E-state index in [1.807, 2.05) is 0 Å². The van der Waals surface area contributed by atoms with Crippen LogP contribution in [0.25, 0.3) is 0 Å². The Hall–Kier alpha value is -1.23. The van der Waals surface area contributed by atoms with Gasteiger partial charge in [-0.05, 0) is 36.6 Å². The van der Waals surface area contributed by atoms with Gasteiger partial charge in [-0.15, -0.1) is 0 Å². The van der Waals surface area contributed by atoms with Crippen LogP contribution in [0.15, 0.2) is 18.2 Å². The van der Waals surface area contributed by atoms with Crippen LogP contribution >= 0.6 is 0 Å². The van der Waals surface area contributed by atoms with Gasteiger partial charge in [0.1, 0.15) is 0 Å². The Morgan fingerprint density at radius 3 is 2.25 bits per heavy atom. The largest absolute Gasteiger partial charge is 0.416 e. The molecule has 2 rings (SSSR count). The molecule has 0 aliphatic carbocycles. The van der Waals surface area contributed by atoms with Crippen LogP contribution in [0.5, 0.6) is 0 Å². The summed E-state index contributed by atoms with van der Waals surface area (Å²) in [6, 6.07) is 3.87. The molecule has 1 aromatic carbocycles. The molecule has 1 heterocycles. The van der Waals surface area contributed by atoms with E-state index in [2.05, 4.69) is 18.7 Å². The Labute approximate surface area is 117 Å². The van der Waals surface area contributed by atoms with Crippen molar-refractivity contribution in [2.24, 2.45) is 11.1 Å². The molecule has 112 valence electrons. The Bertz CT molecular complexity index is 470. The van der Waals surface area contributed by atoms with E-state index in [1.54, 1.807) is 6.07 Å². The van der Waals surface area contributed by atoms with Crippen molar-refractivity contribution in [3.8, 4) is 0 Å². The van der Waals surface area contributed by atoms with Crippen molar-refractivity contribution in [2.45, 2.75) is 39.4 Å². The number of alkyl halides is 3. The Kier molecular flexibility index (Phi) is 4.00. The van der Waals surface area contributed by atoms with E-state index in [1.165, 1.54) is 6.07 Å². The summed E-state index contributed by atoms with van der Waals surface area (Å²) >= 11 is 0. The predicted molar refractivity (Wildman–Crippen MR) is 74.6 cm³/mol. The van der Waals surface area contributed by atoms with Crippen LogP contribution in [0.3, 0.4) is 0 Å². The van der Waals surface area contributed by atoms with Crippen LogP contribution in [0.4, 0.5) is 18.9 Å². The Morgan fingerprint density at radius 1 is 1.20 bits per heavy atom. The summed E-state index contributed by atoms with van der Waals surface area (Å²) in [6.07, 6.45) is -2.12. The second-order valence-corrected chi connectivity index (χ2v) is 5.61. The second-order valence-electron chi connectivity index (χ2n) is 5.61. The highest BCUT2D eigenvalue weighted by Crippen LogP contribution is 2.42. The number of rotatable bonds is 4. The minimum Gasteiger partial charge on any atom is -0.370 e. The lowest BCUT2D eigenvalue weighted by Gasteiger charge is -2.51. The van der Waals surface area contributed by atoms with Crippen LogP contribution < -0.4 is 10.6 Å². The van der Waals surface area contributed by atoms with Crippen molar-refractivity contribution in [3.05, 3.63) is 29.3 Å². The maximum atomic E-state index is 12.7. The zero-order valence-corrected chi connectivity index (χ0v) is 11.9. The minimum atomic E-state index is -4.31. The number of hydrogen-bond acceptors (Lipinski definition) is 2. The fraction of sp³-hybridized carbons (Fsp3) is 0.600. The summed E-state index contributed by atoms with van der Waals surface area (Å²) < 4.78 is 38.1. The smallest absolute Gasteiger partial charge is 0.370 e. The van der Waals surface area contributed by atoms with Gasteiger partial charge in [-0.2, -0.15) is 13.2 Å². The first-order valence-corrected chi connectivity index (χ1v) is 7.00. The van der Waals surface area contributed by atoms with E-state index in [0.29, 0.717) is 11.0 Å². The molecule has 0 amide bonds. The predicted octanol–water partition coefficient (Wildman–Crippen LogP) is 3.79. The quantitative estimate of drug-likeness (QED) is 0.912. The van der Waals surface area contributed by atoms with Gasteiger partial charge in [0.15, 0.2) is 0 Å². The third-order valence-corrected chi connectivity index (χ3v) is 4.52. The van der Waals surface area contributed by atoms with Crippen molar-refractivity contribution in [1.82, 2.24) is 0 Å². The lowest BCUT2D eigenvalue weighted by atomic mass is 9.74. The highest BCUT2D eigenvalue weighted by molar-refractivity contribution is 5.57. The lowest BCUT2D eigenvalue weighted by molar-refractivity contribution is -0.137. The molecule has 1 aromatic rings. The number of hydrogen-bond donors (Lipinski definition) is 1. The van der Waals surface area contributed by atoms with E-state index in [-0.39, 0.29) is 6.54 Å². The number of anilines is 1. The first-order chi connectivity index (χ1) is 9.35. The number of nitrogens with two attached hydrogens (primary N) is 1. The summed E-state index contributed by atoms with van der Waals surface area (Å²) in [5, 5.41) is 0. The fourth-order valence-corrected chi connectivity index (χ4v) is 2.86. The van der Waals surface area contributed by atoms with E-state index >= 15 is 0 Å². The zero-order chi connectivity index (χ0) is 15.0. The first kappa shape index (κ1) is 15.2. The van der Waals surface area contributed by atoms with Crippen LogP contribution in [0.2, 0.25) is 0 Å². The van der Waals surface area contributed by atoms with E-state index in [0.717, 1.165) is 37.7 Å². The summed E-state index contributed by atoms with van der Waals surface area (Å²) in [6.45, 7) is 6.26. The summed E-state index contributed by atoms with van der Waals surface area (Å²) in [5.41, 5.74) is 6.72. The molecule has 0 aromatic heterocycles. The molecule has 0 radical (unpaired) electrons. The van der Waals surface area contributed by atoms with Gasteiger partial charge in [0.25, 0.3) is 0 Å². The van der Waals surface area contributed by atoms with Gasteiger partial charge in [0.2, 0.25) is 0 Å². The van der Waals surface area contributed by atoms with Crippen molar-refractivity contribution < 1.29 is 13.2 Å². The van der Waals surface area contributed by atoms with E-state index in [4.69, 9.17) is 5.73 Å². The van der Waals surface area contributed by atoms with Crippen molar-refractivity contribution in [3.63, 3.8) is 0 Å². The maximum Gasteiger partial charge on any atom is 0.416 e. The molecule has 0 bridgehead atoms. The second kappa shape index (κ2) is 5.28. The highest BCUT2D eigenvalue weighted by Gasteiger charge is 2.40. The van der Waals surface area contributed by atoms with Gasteiger partial charge in [-0.3, -0.25) is 0 Å². The normalized spacial score (nSPS) is 18.0. The maximum absolute atomic E-state index is 12.7. The Morgan fingerprint density at radius 2 is 1.80 bits per heavy atom. The third-order valence-electron chi connectivity index (χ3n) is 4.52. The van der Waals surface area contributed by atoms with Crippen molar-refractivity contribution >= 4 is 5.69 Å². The monoisotopic (exact) mass is 286 g/mol. The third kappa shape index (κ3) is 2.64. The van der Waals surface area contributed by atoms with Gasteiger partial charge in [0, 0.05) is 30.7 Å². The molecular weight excluding hydrogens is 265 g/mol. The average molecular weight is 286 g/mol. The molecule has 2 N–H and O–H groups in total. The van der Waals surface area contributed by atoms with Gasteiger partial charge in [0.05, 0.1) is 5.56 Å². The molecule has 0 saturated carbocycles. The summed E-state index contributed by atoms with van der Waals surface area (Å²) in [4.78, 5) is 2.13. The topological polar surface area (TPSA) is 29.3 Å². The Balaban J connectivity index is 2.22. The SMILES string of the molecule is CCC1(CC)CN(c2ccc(C(F)(F)F)cc2CN)C1. The molecule has 1 aliphatic rings. The lowest BCUT2D eigenvalue weighted by Crippen LogP contribution is -2.56. The molecule has 5 heteroatoms. The first-order valence-electron chi connectivity index (χ1n) is 7.00. The van der Waals surface area contributed by atoms with Crippen LogP contribution in [-0.2, 0) is 12.7 Å². The minimum absolute atomic E-state index is 0.126. The van der Waals surface area contributed by atoms with E-state index in [9.17, 15) is 13.2 Å². The van der Waals surface area contributed by atoms with Crippen molar-refractivity contribution in [1.29, 1.82) is 0 Å². The molecule has 0 unspecified atom stereocenters. The molecule has 1 saturated heterocycles. The average Bonchev–Trinajstić information content (AvgIpc) is 2.37. The number of benzene rings is 1. The number of halogens is 3. The van der Waals surface area contributed by atoms with Crippen LogP contribution in [-0.4, -0.2) is 13.1 Å². The highest BCUT2D eigenvalue weighted by atomic mass is 19.4. The van der Waals surface area contributed by atoms with Crippen LogP contribution in [0.1, 0.15) is 37.8 Å². The van der Waals surface area contributed by atoms with Gasteiger partial charge in [-0.25, -0.2) is 0 Å². The molecule has 0 spiro atoms. The molecular formula is C15H21F3N2. The molecule has 1 fully saturated rings. The fourth-order valence-electron chi connectivity index (χ4n) is 2.86. The van der Waals surface area contributed by atoms with E-state index < -0.39 is 11.7 Å². The molecule has 0 atom stereocenters. The van der Waals surface area contributed by atoms with Crippen LogP contribution in [0, 0.1) is 5.41 Å². The standard InChI is InChI=1S/C15H21F3N2/c1-3-14(4-2)9-20(10-14)13-6-5-12(15(16,17)18)7-11(13)8-19/h5-7H,3-4,8-10,19H2,1-2H3.